The number of Topliss-reactive ketones (excluding diaryl/α,β-unsaturated/α-hetero) is 1. The molecule has 0 saturated carbocycles. The number of carbonyl (C=O) groups is 2. The summed E-state index contributed by atoms with van der Waals surface area (Å²) in [6.07, 6.45) is 0. The number of nitrogens with zero attached hydrogens (tertiary/aromatic N) is 1. The Bertz CT molecular complexity index is 1230. The molecule has 0 spiro atoms. The van der Waals surface area contributed by atoms with E-state index in [0.717, 1.165) is 0 Å². The maximum atomic E-state index is 13.3. The molecular formula is C26H23NO6. The first-order chi connectivity index (χ1) is 16.0. The Morgan fingerprint density at radius 2 is 1.48 bits per heavy atom. The largest absolute Gasteiger partial charge is 0.507 e. The molecule has 0 aromatic heterocycles. The average Bonchev–Trinajstić information content (AvgIpc) is 3.13. The van der Waals surface area contributed by atoms with Crippen LogP contribution in [0.2, 0.25) is 0 Å². The summed E-state index contributed by atoms with van der Waals surface area (Å²) in [6.45, 7) is 0. The van der Waals surface area contributed by atoms with Gasteiger partial charge in [-0.3, -0.25) is 14.5 Å². The van der Waals surface area contributed by atoms with E-state index in [1.807, 2.05) is 6.07 Å². The summed E-state index contributed by atoms with van der Waals surface area (Å²) < 4.78 is 16.2. The van der Waals surface area contributed by atoms with Crippen molar-refractivity contribution in [1.29, 1.82) is 0 Å². The van der Waals surface area contributed by atoms with E-state index in [2.05, 4.69) is 0 Å². The number of anilines is 1. The van der Waals surface area contributed by atoms with Crippen LogP contribution in [0.25, 0.3) is 5.76 Å². The van der Waals surface area contributed by atoms with Gasteiger partial charge in [0.15, 0.2) is 0 Å². The van der Waals surface area contributed by atoms with Crippen molar-refractivity contribution in [3.8, 4) is 17.2 Å². The molecule has 33 heavy (non-hydrogen) atoms. The van der Waals surface area contributed by atoms with Gasteiger partial charge in [-0.2, -0.15) is 0 Å². The zero-order chi connectivity index (χ0) is 23.5. The zero-order valence-electron chi connectivity index (χ0n) is 18.4. The molecule has 168 valence electrons. The number of aliphatic hydroxyl groups excluding tert-OH is 1. The normalized spacial score (nSPS) is 17.2. The predicted molar refractivity (Wildman–Crippen MR) is 124 cm³/mol. The summed E-state index contributed by atoms with van der Waals surface area (Å²) in [4.78, 5) is 27.9. The minimum Gasteiger partial charge on any atom is -0.507 e. The van der Waals surface area contributed by atoms with Crippen LogP contribution in [0.5, 0.6) is 17.2 Å². The van der Waals surface area contributed by atoms with E-state index >= 15 is 0 Å². The van der Waals surface area contributed by atoms with Crippen LogP contribution in [0.4, 0.5) is 5.69 Å². The van der Waals surface area contributed by atoms with Crippen LogP contribution in [0.1, 0.15) is 17.2 Å². The van der Waals surface area contributed by atoms with E-state index in [0.29, 0.717) is 28.5 Å². The molecule has 1 saturated heterocycles. The van der Waals surface area contributed by atoms with Gasteiger partial charge in [0.2, 0.25) is 0 Å². The summed E-state index contributed by atoms with van der Waals surface area (Å²) in [7, 11) is 4.46. The SMILES string of the molecule is COc1ccc(OC)c(/C(O)=C2\C(=O)C(=O)N(c3ccccc3)C2c2ccccc2OC)c1. The van der Waals surface area contributed by atoms with Gasteiger partial charge in [0, 0.05) is 11.3 Å². The van der Waals surface area contributed by atoms with Crippen LogP contribution in [0.15, 0.2) is 78.4 Å². The fraction of sp³-hybridized carbons (Fsp3) is 0.154. The smallest absolute Gasteiger partial charge is 0.300 e. The predicted octanol–water partition coefficient (Wildman–Crippen LogP) is 4.34. The lowest BCUT2D eigenvalue weighted by Gasteiger charge is -2.26. The Hall–Kier alpha value is -4.26. The Kier molecular flexibility index (Phi) is 6.04. The van der Waals surface area contributed by atoms with Gasteiger partial charge in [0.1, 0.15) is 23.0 Å². The van der Waals surface area contributed by atoms with Gasteiger partial charge in [0.25, 0.3) is 11.7 Å². The minimum atomic E-state index is -0.917. The second kappa shape index (κ2) is 9.08. The molecule has 7 heteroatoms. The van der Waals surface area contributed by atoms with Gasteiger partial charge in [0.05, 0.1) is 38.5 Å². The number of benzene rings is 3. The third-order valence-electron chi connectivity index (χ3n) is 5.57. The van der Waals surface area contributed by atoms with Crippen LogP contribution < -0.4 is 19.1 Å². The second-order valence-electron chi connectivity index (χ2n) is 7.31. The Labute approximate surface area is 191 Å². The van der Waals surface area contributed by atoms with Crippen molar-refractivity contribution in [3.63, 3.8) is 0 Å². The molecule has 1 fully saturated rings. The van der Waals surface area contributed by atoms with Crippen LogP contribution in [-0.4, -0.2) is 38.1 Å². The first-order valence-corrected chi connectivity index (χ1v) is 10.2. The number of rotatable bonds is 6. The molecule has 0 radical (unpaired) electrons. The van der Waals surface area contributed by atoms with Crippen molar-refractivity contribution >= 4 is 23.1 Å². The number of carbonyl (C=O) groups excluding carboxylic acids is 2. The summed E-state index contributed by atoms with van der Waals surface area (Å²) in [6, 6.07) is 19.9. The van der Waals surface area contributed by atoms with Gasteiger partial charge < -0.3 is 19.3 Å². The highest BCUT2D eigenvalue weighted by molar-refractivity contribution is 6.51. The summed E-state index contributed by atoms with van der Waals surface area (Å²) in [5, 5.41) is 11.4. The van der Waals surface area contributed by atoms with Crippen LogP contribution in [-0.2, 0) is 9.59 Å². The van der Waals surface area contributed by atoms with Crippen LogP contribution in [0, 0.1) is 0 Å². The third-order valence-corrected chi connectivity index (χ3v) is 5.57. The fourth-order valence-electron chi connectivity index (χ4n) is 4.02. The van der Waals surface area contributed by atoms with E-state index in [4.69, 9.17) is 14.2 Å². The molecular weight excluding hydrogens is 422 g/mol. The Balaban J connectivity index is 2.02. The lowest BCUT2D eigenvalue weighted by Crippen LogP contribution is -2.29. The van der Waals surface area contributed by atoms with Gasteiger partial charge in [-0.15, -0.1) is 0 Å². The number of hydrogen-bond donors (Lipinski definition) is 1. The Morgan fingerprint density at radius 1 is 0.818 bits per heavy atom. The van der Waals surface area contributed by atoms with Crippen molar-refractivity contribution in [2.24, 2.45) is 0 Å². The van der Waals surface area contributed by atoms with E-state index in [9.17, 15) is 14.7 Å². The van der Waals surface area contributed by atoms with Crippen LogP contribution in [0.3, 0.4) is 0 Å². The van der Waals surface area contributed by atoms with E-state index in [-0.39, 0.29) is 16.9 Å². The molecule has 1 aliphatic rings. The minimum absolute atomic E-state index is 0.0695. The number of aliphatic hydroxyl groups is 1. The first-order valence-electron chi connectivity index (χ1n) is 10.2. The van der Waals surface area contributed by atoms with Crippen molar-refractivity contribution in [2.45, 2.75) is 6.04 Å². The fourth-order valence-corrected chi connectivity index (χ4v) is 4.02. The van der Waals surface area contributed by atoms with E-state index in [1.165, 1.54) is 26.2 Å². The molecule has 0 aliphatic carbocycles. The topological polar surface area (TPSA) is 85.3 Å². The van der Waals surface area contributed by atoms with Gasteiger partial charge >= 0.3 is 0 Å². The van der Waals surface area contributed by atoms with Crippen LogP contribution >= 0.6 is 0 Å². The highest BCUT2D eigenvalue weighted by atomic mass is 16.5. The molecule has 0 bridgehead atoms. The maximum Gasteiger partial charge on any atom is 0.300 e. The average molecular weight is 445 g/mol. The summed E-state index contributed by atoms with van der Waals surface area (Å²) >= 11 is 0. The van der Waals surface area contributed by atoms with Gasteiger partial charge in [-0.05, 0) is 36.4 Å². The van der Waals surface area contributed by atoms with Crippen molar-refractivity contribution in [2.75, 3.05) is 26.2 Å². The first kappa shape index (κ1) is 22.0. The molecule has 1 heterocycles. The zero-order valence-corrected chi connectivity index (χ0v) is 18.4. The second-order valence-corrected chi connectivity index (χ2v) is 7.31. The third kappa shape index (κ3) is 3.78. The van der Waals surface area contributed by atoms with Gasteiger partial charge in [-0.1, -0.05) is 36.4 Å². The van der Waals surface area contributed by atoms with Crippen molar-refractivity contribution in [3.05, 3.63) is 89.5 Å². The highest BCUT2D eigenvalue weighted by Gasteiger charge is 2.48. The lowest BCUT2D eigenvalue weighted by molar-refractivity contribution is -0.132. The van der Waals surface area contributed by atoms with E-state index < -0.39 is 17.7 Å². The number of methoxy groups -OCH3 is 3. The number of para-hydroxylation sites is 2. The molecule has 3 aromatic carbocycles. The quantitative estimate of drug-likeness (QED) is 0.345. The van der Waals surface area contributed by atoms with Gasteiger partial charge in [-0.25, -0.2) is 0 Å². The molecule has 1 amide bonds. The van der Waals surface area contributed by atoms with Crippen molar-refractivity contribution in [1.82, 2.24) is 0 Å². The molecule has 3 aromatic rings. The number of amides is 1. The Morgan fingerprint density at radius 3 is 2.15 bits per heavy atom. The molecule has 1 unspecified atom stereocenters. The standard InChI is InChI=1S/C26H23NO6/c1-31-17-13-14-21(33-3)19(15-17)24(28)22-23(18-11-7-8-12-20(18)32-2)27(26(30)25(22)29)16-9-5-4-6-10-16/h4-15,23,28H,1-3H3/b24-22+. The number of hydrogen-bond acceptors (Lipinski definition) is 6. The molecule has 1 N–H and O–H groups in total. The molecule has 1 atom stereocenters. The van der Waals surface area contributed by atoms with Crippen molar-refractivity contribution < 1.29 is 28.9 Å². The summed E-state index contributed by atoms with van der Waals surface area (Å²) in [5.41, 5.74) is 1.25. The molecule has 4 rings (SSSR count). The molecule has 1 aliphatic heterocycles. The maximum absolute atomic E-state index is 13.3. The number of ether oxygens (including phenoxy) is 3. The monoisotopic (exact) mass is 445 g/mol. The van der Waals surface area contributed by atoms with E-state index in [1.54, 1.807) is 66.7 Å². The highest BCUT2D eigenvalue weighted by Crippen LogP contribution is 2.45. The number of ketones is 1. The summed E-state index contributed by atoms with van der Waals surface area (Å²) in [5.74, 6) is -0.647. The molecule has 7 nitrogen and oxygen atoms in total. The lowest BCUT2D eigenvalue weighted by atomic mass is 9.94.